The van der Waals surface area contributed by atoms with Crippen molar-refractivity contribution in [3.63, 3.8) is 0 Å². The molecule has 1 atom stereocenters. The van der Waals surface area contributed by atoms with E-state index in [2.05, 4.69) is 30.4 Å². The maximum atomic E-state index is 15.6. The third-order valence-electron chi connectivity index (χ3n) is 7.63. The Hall–Kier alpha value is -4.02. The minimum Gasteiger partial charge on any atom is -0.508 e. The number of rotatable bonds is 6. The van der Waals surface area contributed by atoms with Gasteiger partial charge in [-0.05, 0) is 55.4 Å². The van der Waals surface area contributed by atoms with Crippen LogP contribution in [0.5, 0.6) is 5.75 Å². The first-order chi connectivity index (χ1) is 18.3. The number of hydrogen-bond donors (Lipinski definition) is 4. The maximum absolute atomic E-state index is 15.6. The summed E-state index contributed by atoms with van der Waals surface area (Å²) in [5.74, 6) is 0.359. The molecular formula is C28H30FN7O2. The zero-order chi connectivity index (χ0) is 26.6. The smallest absolute Gasteiger partial charge is 0.243 e. The van der Waals surface area contributed by atoms with Crippen LogP contribution in [0.25, 0.3) is 39.1 Å². The lowest BCUT2D eigenvalue weighted by Crippen LogP contribution is -2.62. The molecule has 196 valence electrons. The zero-order valence-corrected chi connectivity index (χ0v) is 21.5. The molecule has 4 heterocycles. The number of carbonyl (C=O) groups is 1. The Balaban J connectivity index is 1.24. The number of imidazole rings is 1. The van der Waals surface area contributed by atoms with E-state index in [-0.39, 0.29) is 23.2 Å². The van der Waals surface area contributed by atoms with Crippen molar-refractivity contribution in [1.82, 2.24) is 35.3 Å². The number of likely N-dealkylation sites (N-methyl/N-ethyl adjacent to an activating group) is 1. The van der Waals surface area contributed by atoms with E-state index in [9.17, 15) is 9.90 Å². The van der Waals surface area contributed by atoms with Crippen molar-refractivity contribution in [3.8, 4) is 28.4 Å². The van der Waals surface area contributed by atoms with Crippen LogP contribution in [0.1, 0.15) is 18.2 Å². The number of aromatic amines is 2. The third-order valence-corrected chi connectivity index (χ3v) is 7.63. The summed E-state index contributed by atoms with van der Waals surface area (Å²) in [5, 5.41) is 20.9. The number of H-pyrrole nitrogens is 2. The highest BCUT2D eigenvalue weighted by atomic mass is 19.1. The fourth-order valence-corrected chi connectivity index (χ4v) is 5.22. The second kappa shape index (κ2) is 9.38. The molecule has 1 saturated heterocycles. The predicted molar refractivity (Wildman–Crippen MR) is 144 cm³/mol. The molecule has 6 rings (SSSR count). The molecular weight excluding hydrogens is 485 g/mol. The van der Waals surface area contributed by atoms with Crippen molar-refractivity contribution in [3.05, 3.63) is 59.7 Å². The maximum Gasteiger partial charge on any atom is 0.243 e. The van der Waals surface area contributed by atoms with Crippen LogP contribution in [0.4, 0.5) is 4.39 Å². The van der Waals surface area contributed by atoms with Crippen molar-refractivity contribution in [2.75, 3.05) is 33.7 Å². The van der Waals surface area contributed by atoms with Crippen molar-refractivity contribution in [1.29, 1.82) is 0 Å². The van der Waals surface area contributed by atoms with Crippen LogP contribution < -0.4 is 5.32 Å². The number of benzene rings is 2. The number of phenols is 1. The first-order valence-corrected chi connectivity index (χ1v) is 12.8. The highest BCUT2D eigenvalue weighted by Crippen LogP contribution is 2.35. The third kappa shape index (κ3) is 4.06. The number of hydrogen-bond acceptors (Lipinski definition) is 6. The van der Waals surface area contributed by atoms with Crippen LogP contribution in [-0.4, -0.2) is 86.8 Å². The molecule has 0 spiro atoms. The Morgan fingerprint density at radius 2 is 2.00 bits per heavy atom. The van der Waals surface area contributed by atoms with Crippen LogP contribution in [0.15, 0.2) is 42.6 Å². The number of amides is 1. The average Bonchev–Trinajstić information content (AvgIpc) is 3.62. The minimum atomic E-state index is -0.427. The number of carbonyl (C=O) groups excluding carboxylic acids is 1. The topological polar surface area (TPSA) is 113 Å². The molecule has 0 aliphatic carbocycles. The fraction of sp³-hybridized carbons (Fsp3) is 0.321. The first-order valence-electron chi connectivity index (χ1n) is 12.8. The number of likely N-dealkylation sites (tertiary alicyclic amines) is 1. The van der Waals surface area contributed by atoms with E-state index >= 15 is 4.39 Å². The van der Waals surface area contributed by atoms with E-state index in [1.807, 2.05) is 38.1 Å². The van der Waals surface area contributed by atoms with Gasteiger partial charge in [-0.3, -0.25) is 15.2 Å². The Labute approximate surface area is 219 Å². The van der Waals surface area contributed by atoms with Crippen LogP contribution in [-0.2, 0) is 11.2 Å². The molecule has 1 fully saturated rings. The van der Waals surface area contributed by atoms with Gasteiger partial charge in [-0.1, -0.05) is 25.1 Å². The van der Waals surface area contributed by atoms with Gasteiger partial charge in [0.15, 0.2) is 11.6 Å². The van der Waals surface area contributed by atoms with Gasteiger partial charge in [0, 0.05) is 36.6 Å². The largest absolute Gasteiger partial charge is 0.508 e. The minimum absolute atomic E-state index is 0.0866. The summed E-state index contributed by atoms with van der Waals surface area (Å²) in [5.41, 5.74) is 4.60. The number of aromatic nitrogens is 4. The second-order valence-corrected chi connectivity index (χ2v) is 10.2. The first kappa shape index (κ1) is 24.3. The molecule has 2 aliphatic rings. The molecule has 9 nitrogen and oxygen atoms in total. The zero-order valence-electron chi connectivity index (χ0n) is 21.5. The van der Waals surface area contributed by atoms with Gasteiger partial charge in [0.1, 0.15) is 23.0 Å². The Morgan fingerprint density at radius 1 is 1.21 bits per heavy atom. The molecule has 2 aliphatic heterocycles. The quantitative estimate of drug-likeness (QED) is 0.314. The number of nitrogens with one attached hydrogen (secondary N) is 3. The second-order valence-electron chi connectivity index (χ2n) is 10.2. The van der Waals surface area contributed by atoms with Crippen molar-refractivity contribution in [2.24, 2.45) is 0 Å². The lowest BCUT2D eigenvalue weighted by atomic mass is 9.96. The van der Waals surface area contributed by atoms with Gasteiger partial charge >= 0.3 is 0 Å². The van der Waals surface area contributed by atoms with E-state index in [0.717, 1.165) is 35.5 Å². The Kier molecular flexibility index (Phi) is 6.00. The normalized spacial score (nSPS) is 17.9. The van der Waals surface area contributed by atoms with Gasteiger partial charge < -0.3 is 19.9 Å². The molecule has 2 aromatic carbocycles. The van der Waals surface area contributed by atoms with Gasteiger partial charge in [-0.15, -0.1) is 0 Å². The van der Waals surface area contributed by atoms with Gasteiger partial charge in [-0.25, -0.2) is 9.37 Å². The van der Waals surface area contributed by atoms with Gasteiger partial charge in [-0.2, -0.15) is 5.10 Å². The number of phenolic OH excluding ortho intramolecular Hbond substituents is 1. The van der Waals surface area contributed by atoms with Gasteiger partial charge in [0.2, 0.25) is 5.91 Å². The molecule has 4 aromatic rings. The molecule has 0 saturated carbocycles. The summed E-state index contributed by atoms with van der Waals surface area (Å²) >= 11 is 0. The van der Waals surface area contributed by atoms with E-state index in [0.29, 0.717) is 41.5 Å². The van der Waals surface area contributed by atoms with E-state index < -0.39 is 5.82 Å². The molecule has 1 amide bonds. The molecule has 38 heavy (non-hydrogen) atoms. The van der Waals surface area contributed by atoms with Gasteiger partial charge in [0.05, 0.1) is 11.9 Å². The summed E-state index contributed by atoms with van der Waals surface area (Å²) in [7, 11) is 4.06. The van der Waals surface area contributed by atoms with Crippen LogP contribution in [0.3, 0.4) is 0 Å². The fourth-order valence-electron chi connectivity index (χ4n) is 5.22. The summed E-state index contributed by atoms with van der Waals surface area (Å²) in [6, 6.07) is 8.59. The number of halogens is 1. The van der Waals surface area contributed by atoms with Crippen LogP contribution in [0, 0.1) is 5.82 Å². The van der Waals surface area contributed by atoms with Crippen LogP contribution in [0.2, 0.25) is 0 Å². The van der Waals surface area contributed by atoms with E-state index in [1.165, 1.54) is 0 Å². The molecule has 4 N–H and O–H groups in total. The van der Waals surface area contributed by atoms with Crippen molar-refractivity contribution in [2.45, 2.75) is 25.4 Å². The molecule has 2 aromatic heterocycles. The monoisotopic (exact) mass is 515 g/mol. The predicted octanol–water partition coefficient (Wildman–Crippen LogP) is 3.15. The Bertz CT molecular complexity index is 1560. The Morgan fingerprint density at radius 3 is 2.76 bits per heavy atom. The lowest BCUT2D eigenvalue weighted by molar-refractivity contribution is -0.138. The summed E-state index contributed by atoms with van der Waals surface area (Å²) in [4.78, 5) is 24.7. The van der Waals surface area contributed by atoms with Gasteiger partial charge in [0.25, 0.3) is 0 Å². The van der Waals surface area contributed by atoms with Crippen LogP contribution >= 0.6 is 0 Å². The van der Waals surface area contributed by atoms with Crippen molar-refractivity contribution >= 4 is 22.4 Å². The number of aryl methyl sites for hydroxylation is 1. The highest BCUT2D eigenvalue weighted by Gasteiger charge is 2.36. The lowest BCUT2D eigenvalue weighted by Gasteiger charge is -2.43. The summed E-state index contributed by atoms with van der Waals surface area (Å²) in [6.45, 7) is 4.02. The highest BCUT2D eigenvalue weighted by molar-refractivity contribution is 5.95. The van der Waals surface area contributed by atoms with E-state index in [1.54, 1.807) is 30.5 Å². The SMILES string of the molecule is CCc1cc(O)ccc1-c1ccc2c(-c3ncc(C4=C[C@@H](C(=O)N5CC(N(C)C)C5)NC4)[nH]3)[nH]nc2c1F. The molecule has 0 unspecified atom stereocenters. The molecule has 0 radical (unpaired) electrons. The number of fused-ring (bicyclic) bond motifs is 1. The van der Waals surface area contributed by atoms with E-state index in [4.69, 9.17) is 0 Å². The molecule has 0 bridgehead atoms. The summed E-state index contributed by atoms with van der Waals surface area (Å²) in [6.07, 6.45) is 4.33. The average molecular weight is 516 g/mol. The summed E-state index contributed by atoms with van der Waals surface area (Å²) < 4.78 is 15.6. The number of aromatic hydroxyl groups is 1. The number of nitrogens with zero attached hydrogens (tertiary/aromatic N) is 4. The standard InChI is InChI=1S/C28H30FN7O2/c1-4-15-9-18(37)5-6-19(15)20-7-8-21-25(24(20)29)33-34-26(21)27-31-12-23(32-27)16-10-22(30-11-16)28(38)36-13-17(14-36)35(2)3/h5-10,12,17,22,30,37H,4,11,13-14H2,1-3H3,(H,31,32)(H,33,34)/t22-/m0/s1. The molecule has 10 heteroatoms. The van der Waals surface area contributed by atoms with Crippen molar-refractivity contribution < 1.29 is 14.3 Å².